The lowest BCUT2D eigenvalue weighted by Crippen LogP contribution is -2.47. The van der Waals surface area contributed by atoms with Crippen molar-refractivity contribution in [1.82, 2.24) is 14.9 Å². The number of fused-ring (bicyclic) bond motifs is 1. The average molecular weight is 431 g/mol. The predicted octanol–water partition coefficient (Wildman–Crippen LogP) is 3.61. The first-order valence-electron chi connectivity index (χ1n) is 11.4. The zero-order valence-corrected chi connectivity index (χ0v) is 18.8. The molecule has 3 aromatic rings. The molecule has 0 radical (unpaired) electrons. The Hall–Kier alpha value is -2.96. The number of morpholine rings is 1. The first-order valence-corrected chi connectivity index (χ1v) is 11.4. The molecule has 2 aromatic carbocycles. The van der Waals surface area contributed by atoms with Gasteiger partial charge < -0.3 is 9.64 Å². The molecule has 0 amide bonds. The molecular formula is C26H30N4O2. The van der Waals surface area contributed by atoms with E-state index in [4.69, 9.17) is 9.72 Å². The Morgan fingerprint density at radius 1 is 1.00 bits per heavy atom. The molecule has 0 bridgehead atoms. The Kier molecular flexibility index (Phi) is 5.81. The summed E-state index contributed by atoms with van der Waals surface area (Å²) in [7, 11) is 0. The Morgan fingerprint density at radius 3 is 2.41 bits per heavy atom. The third-order valence-corrected chi connectivity index (χ3v) is 6.33. The van der Waals surface area contributed by atoms with Crippen molar-refractivity contribution in [2.24, 2.45) is 0 Å². The summed E-state index contributed by atoms with van der Waals surface area (Å²) in [6.45, 7) is 8.01. The summed E-state index contributed by atoms with van der Waals surface area (Å²) in [5.74, 6) is 0.671. The smallest absolute Gasteiger partial charge is 0.255 e. The molecule has 5 rings (SSSR count). The summed E-state index contributed by atoms with van der Waals surface area (Å²) in [6.07, 6.45) is 0.974. The highest BCUT2D eigenvalue weighted by Crippen LogP contribution is 2.23. The SMILES string of the molecule is C[C@@H]1CN(c2nc3c(c(=O)[nH]2)CCN(Cc2ccc(-c4ccccc4)cc2)C3)C[C@@H](C)O1. The molecule has 3 heterocycles. The molecule has 0 saturated carbocycles. The highest BCUT2D eigenvalue weighted by molar-refractivity contribution is 5.63. The third kappa shape index (κ3) is 4.47. The number of nitrogens with zero attached hydrogens (tertiary/aromatic N) is 3. The normalized spacial score (nSPS) is 21.4. The second-order valence-corrected chi connectivity index (χ2v) is 9.00. The molecule has 0 spiro atoms. The molecule has 6 heteroatoms. The highest BCUT2D eigenvalue weighted by atomic mass is 16.5. The standard InChI is InChI=1S/C26H30N4O2/c1-18-14-30(15-19(2)32-18)26-27-24-17-29(13-12-23(24)25(31)28-26)16-20-8-10-22(11-9-20)21-6-4-3-5-7-21/h3-11,18-19H,12-17H2,1-2H3,(H,27,28,31)/t18-,19-/m1/s1. The van der Waals surface area contributed by atoms with Crippen molar-refractivity contribution >= 4 is 5.95 Å². The van der Waals surface area contributed by atoms with Crippen molar-refractivity contribution in [2.75, 3.05) is 24.5 Å². The minimum atomic E-state index is 0.00339. The fourth-order valence-electron chi connectivity index (χ4n) is 4.81. The maximum absolute atomic E-state index is 12.8. The summed E-state index contributed by atoms with van der Waals surface area (Å²) in [5, 5.41) is 0. The van der Waals surface area contributed by atoms with E-state index in [1.807, 2.05) is 6.07 Å². The zero-order valence-electron chi connectivity index (χ0n) is 18.8. The number of nitrogens with one attached hydrogen (secondary N) is 1. The van der Waals surface area contributed by atoms with E-state index < -0.39 is 0 Å². The topological polar surface area (TPSA) is 61.5 Å². The summed E-state index contributed by atoms with van der Waals surface area (Å²) >= 11 is 0. The van der Waals surface area contributed by atoms with Crippen LogP contribution < -0.4 is 10.5 Å². The lowest BCUT2D eigenvalue weighted by atomic mass is 10.0. The maximum Gasteiger partial charge on any atom is 0.255 e. The van der Waals surface area contributed by atoms with Gasteiger partial charge in [-0.2, -0.15) is 0 Å². The van der Waals surface area contributed by atoms with E-state index in [0.29, 0.717) is 12.5 Å². The number of hydrogen-bond donors (Lipinski definition) is 1. The van der Waals surface area contributed by atoms with Crippen molar-refractivity contribution in [3.05, 3.63) is 81.8 Å². The van der Waals surface area contributed by atoms with Gasteiger partial charge in [0.2, 0.25) is 5.95 Å². The minimum Gasteiger partial charge on any atom is -0.372 e. The van der Waals surface area contributed by atoms with Crippen LogP contribution in [0.4, 0.5) is 5.95 Å². The minimum absolute atomic E-state index is 0.00339. The molecule has 32 heavy (non-hydrogen) atoms. The zero-order chi connectivity index (χ0) is 22.1. The third-order valence-electron chi connectivity index (χ3n) is 6.33. The van der Waals surface area contributed by atoms with Gasteiger partial charge in [0, 0.05) is 38.3 Å². The van der Waals surface area contributed by atoms with Gasteiger partial charge in [-0.1, -0.05) is 54.6 Å². The van der Waals surface area contributed by atoms with Crippen molar-refractivity contribution < 1.29 is 4.74 Å². The molecule has 6 nitrogen and oxygen atoms in total. The van der Waals surface area contributed by atoms with Crippen LogP contribution in [0.25, 0.3) is 11.1 Å². The number of H-pyrrole nitrogens is 1. The van der Waals surface area contributed by atoms with Crippen molar-refractivity contribution in [2.45, 2.75) is 45.6 Å². The van der Waals surface area contributed by atoms with Crippen LogP contribution in [0.2, 0.25) is 0 Å². The molecule has 2 aliphatic rings. The van der Waals surface area contributed by atoms with E-state index in [1.165, 1.54) is 16.7 Å². The lowest BCUT2D eigenvalue weighted by Gasteiger charge is -2.36. The average Bonchev–Trinajstić information content (AvgIpc) is 2.79. The molecule has 0 aliphatic carbocycles. The number of hydrogen-bond acceptors (Lipinski definition) is 5. The first kappa shape index (κ1) is 20.9. The van der Waals surface area contributed by atoms with Crippen molar-refractivity contribution in [3.63, 3.8) is 0 Å². The Labute approximate surface area is 188 Å². The molecule has 1 N–H and O–H groups in total. The van der Waals surface area contributed by atoms with E-state index in [1.54, 1.807) is 0 Å². The monoisotopic (exact) mass is 430 g/mol. The molecule has 2 aliphatic heterocycles. The molecule has 0 unspecified atom stereocenters. The van der Waals surface area contributed by atoms with Gasteiger partial charge in [-0.25, -0.2) is 4.98 Å². The molecule has 1 saturated heterocycles. The molecule has 1 fully saturated rings. The lowest BCUT2D eigenvalue weighted by molar-refractivity contribution is -0.00576. The van der Waals surface area contributed by atoms with E-state index >= 15 is 0 Å². The van der Waals surface area contributed by atoms with E-state index in [0.717, 1.165) is 43.9 Å². The number of ether oxygens (including phenoxy) is 1. The summed E-state index contributed by atoms with van der Waals surface area (Å²) in [5.41, 5.74) is 5.47. The van der Waals surface area contributed by atoms with Crippen LogP contribution in [-0.2, 0) is 24.2 Å². The number of aromatic amines is 1. The maximum atomic E-state index is 12.8. The van der Waals surface area contributed by atoms with Gasteiger partial charge >= 0.3 is 0 Å². The quantitative estimate of drug-likeness (QED) is 0.685. The van der Waals surface area contributed by atoms with Gasteiger partial charge in [-0.3, -0.25) is 14.7 Å². The highest BCUT2D eigenvalue weighted by Gasteiger charge is 2.27. The summed E-state index contributed by atoms with van der Waals surface area (Å²) < 4.78 is 5.83. The van der Waals surface area contributed by atoms with Crippen molar-refractivity contribution in [1.29, 1.82) is 0 Å². The van der Waals surface area contributed by atoms with Crippen LogP contribution >= 0.6 is 0 Å². The van der Waals surface area contributed by atoms with Gasteiger partial charge in [-0.05, 0) is 37.0 Å². The Balaban J connectivity index is 1.31. The summed E-state index contributed by atoms with van der Waals surface area (Å²) in [4.78, 5) is 25.2. The van der Waals surface area contributed by atoms with E-state index in [2.05, 4.69) is 77.2 Å². The van der Waals surface area contributed by atoms with Gasteiger partial charge in [0.1, 0.15) is 0 Å². The van der Waals surface area contributed by atoms with Gasteiger partial charge in [0.15, 0.2) is 0 Å². The second kappa shape index (κ2) is 8.88. The van der Waals surface area contributed by atoms with Crippen LogP contribution in [0, 0.1) is 0 Å². The number of aromatic nitrogens is 2. The molecular weight excluding hydrogens is 400 g/mol. The number of benzene rings is 2. The van der Waals surface area contributed by atoms with Gasteiger partial charge in [0.05, 0.1) is 17.9 Å². The van der Waals surface area contributed by atoms with Crippen LogP contribution in [0.1, 0.15) is 30.7 Å². The van der Waals surface area contributed by atoms with Crippen LogP contribution in [-0.4, -0.2) is 46.7 Å². The fraction of sp³-hybridized carbons (Fsp3) is 0.385. The Bertz CT molecular complexity index is 1120. The number of rotatable bonds is 4. The van der Waals surface area contributed by atoms with Crippen LogP contribution in [0.15, 0.2) is 59.4 Å². The fourth-order valence-corrected chi connectivity index (χ4v) is 4.81. The van der Waals surface area contributed by atoms with Crippen LogP contribution in [0.5, 0.6) is 0 Å². The number of anilines is 1. The predicted molar refractivity (Wildman–Crippen MR) is 127 cm³/mol. The van der Waals surface area contributed by atoms with E-state index in [9.17, 15) is 4.79 Å². The largest absolute Gasteiger partial charge is 0.372 e. The van der Waals surface area contributed by atoms with Gasteiger partial charge in [-0.15, -0.1) is 0 Å². The van der Waals surface area contributed by atoms with E-state index in [-0.39, 0.29) is 17.8 Å². The van der Waals surface area contributed by atoms with Crippen LogP contribution in [0.3, 0.4) is 0 Å². The summed E-state index contributed by atoms with van der Waals surface area (Å²) in [6, 6.07) is 19.2. The van der Waals surface area contributed by atoms with Crippen molar-refractivity contribution in [3.8, 4) is 11.1 Å². The molecule has 166 valence electrons. The molecule has 2 atom stereocenters. The molecule has 1 aromatic heterocycles. The second-order valence-electron chi connectivity index (χ2n) is 9.00. The first-order chi connectivity index (χ1) is 15.5. The Morgan fingerprint density at radius 2 is 1.69 bits per heavy atom. The van der Waals surface area contributed by atoms with Gasteiger partial charge in [0.25, 0.3) is 5.56 Å².